The van der Waals surface area contributed by atoms with Crippen LogP contribution in [0.25, 0.3) is 0 Å². The van der Waals surface area contributed by atoms with Crippen LogP contribution >= 0.6 is 0 Å². The molecule has 0 saturated carbocycles. The molecule has 0 atom stereocenters. The van der Waals surface area contributed by atoms with Gasteiger partial charge in [0.05, 0.1) is 11.4 Å². The topological polar surface area (TPSA) is 16.1 Å². The quantitative estimate of drug-likeness (QED) is 0.624. The third-order valence-corrected chi connectivity index (χ3v) is 3.17. The predicted molar refractivity (Wildman–Crippen MR) is 59.9 cm³/mol. The van der Waals surface area contributed by atoms with Gasteiger partial charge >= 0.3 is 0 Å². The molecular formula is C12H18N2. The zero-order valence-corrected chi connectivity index (χ0v) is 9.30. The van der Waals surface area contributed by atoms with Gasteiger partial charge in [-0.25, -0.2) is 0 Å². The van der Waals surface area contributed by atoms with Crippen LogP contribution in [0.2, 0.25) is 0 Å². The van der Waals surface area contributed by atoms with Crippen molar-refractivity contribution in [3.63, 3.8) is 0 Å². The molecule has 0 aliphatic carbocycles. The first-order chi connectivity index (χ1) is 6.70. The van der Waals surface area contributed by atoms with Crippen LogP contribution in [0, 0.1) is 13.8 Å². The van der Waals surface area contributed by atoms with Gasteiger partial charge in [-0.2, -0.15) is 0 Å². The zero-order valence-electron chi connectivity index (χ0n) is 9.30. The molecule has 0 amide bonds. The molecule has 2 heteroatoms. The third kappa shape index (κ3) is 1.49. The lowest BCUT2D eigenvalue weighted by atomic mass is 10.1. The minimum absolute atomic E-state index is 1.14. The smallest absolute Gasteiger partial charge is 0.0639 e. The molecular weight excluding hydrogens is 172 g/mol. The fourth-order valence-electron chi connectivity index (χ4n) is 2.18. The number of hydrogen-bond donors (Lipinski definition) is 0. The number of aromatic nitrogens is 1. The summed E-state index contributed by atoms with van der Waals surface area (Å²) in [5, 5.41) is 0. The Bertz CT molecular complexity index is 344. The summed E-state index contributed by atoms with van der Waals surface area (Å²) in [6.07, 6.45) is 5.70. The molecule has 2 nitrogen and oxygen atoms in total. The zero-order chi connectivity index (χ0) is 10.1. The van der Waals surface area contributed by atoms with Crippen molar-refractivity contribution in [2.75, 3.05) is 18.5 Å². The Morgan fingerprint density at radius 3 is 2.86 bits per heavy atom. The predicted octanol–water partition coefficient (Wildman–Crippen LogP) is 2.47. The summed E-state index contributed by atoms with van der Waals surface area (Å²) in [5.74, 6) is 0. The maximum Gasteiger partial charge on any atom is 0.0639 e. The third-order valence-electron chi connectivity index (χ3n) is 3.17. The molecule has 0 N–H and O–H groups in total. The molecule has 0 fully saturated rings. The Hall–Kier alpha value is -1.05. The summed E-state index contributed by atoms with van der Waals surface area (Å²) in [7, 11) is 2.18. The first-order valence-electron chi connectivity index (χ1n) is 5.36. The SMILES string of the molecule is Cc1cnc2c(c1C)N(C)CCCC2. The number of rotatable bonds is 0. The summed E-state index contributed by atoms with van der Waals surface area (Å²) >= 11 is 0. The van der Waals surface area contributed by atoms with Crippen LogP contribution in [0.1, 0.15) is 29.7 Å². The fraction of sp³-hybridized carbons (Fsp3) is 0.583. The van der Waals surface area contributed by atoms with Gasteiger partial charge in [-0.15, -0.1) is 0 Å². The highest BCUT2D eigenvalue weighted by molar-refractivity contribution is 5.59. The minimum Gasteiger partial charge on any atom is -0.373 e. The second kappa shape index (κ2) is 3.60. The Labute approximate surface area is 86.0 Å². The number of fused-ring (bicyclic) bond motifs is 1. The summed E-state index contributed by atoms with van der Waals surface area (Å²) in [6, 6.07) is 0. The maximum absolute atomic E-state index is 4.55. The highest BCUT2D eigenvalue weighted by Gasteiger charge is 2.16. The molecule has 1 aliphatic heterocycles. The molecule has 2 rings (SSSR count). The average molecular weight is 190 g/mol. The molecule has 0 spiro atoms. The van der Waals surface area contributed by atoms with Gasteiger partial charge < -0.3 is 4.90 Å². The van der Waals surface area contributed by atoms with E-state index in [1.807, 2.05) is 6.20 Å². The van der Waals surface area contributed by atoms with E-state index in [2.05, 4.69) is 30.8 Å². The largest absolute Gasteiger partial charge is 0.373 e. The first-order valence-corrected chi connectivity index (χ1v) is 5.36. The standard InChI is InChI=1S/C12H18N2/c1-9-8-13-11-6-4-5-7-14(3)12(11)10(9)2/h8H,4-7H2,1-3H3. The van der Waals surface area contributed by atoms with Crippen LogP contribution in [0.15, 0.2) is 6.20 Å². The monoisotopic (exact) mass is 190 g/mol. The van der Waals surface area contributed by atoms with Crippen molar-refractivity contribution in [3.05, 3.63) is 23.0 Å². The van der Waals surface area contributed by atoms with Crippen molar-refractivity contribution in [3.8, 4) is 0 Å². The summed E-state index contributed by atoms with van der Waals surface area (Å²) in [5.41, 5.74) is 5.37. The molecule has 14 heavy (non-hydrogen) atoms. The van der Waals surface area contributed by atoms with Crippen molar-refractivity contribution in [1.82, 2.24) is 4.98 Å². The molecule has 1 aromatic heterocycles. The lowest BCUT2D eigenvalue weighted by molar-refractivity contribution is 0.744. The maximum atomic E-state index is 4.55. The summed E-state index contributed by atoms with van der Waals surface area (Å²) < 4.78 is 0. The van der Waals surface area contributed by atoms with E-state index in [1.165, 1.54) is 41.9 Å². The van der Waals surface area contributed by atoms with Crippen molar-refractivity contribution >= 4 is 5.69 Å². The van der Waals surface area contributed by atoms with E-state index in [0.717, 1.165) is 6.42 Å². The Morgan fingerprint density at radius 2 is 2.07 bits per heavy atom. The fourth-order valence-corrected chi connectivity index (χ4v) is 2.18. The Morgan fingerprint density at radius 1 is 1.29 bits per heavy atom. The van der Waals surface area contributed by atoms with E-state index in [0.29, 0.717) is 0 Å². The highest BCUT2D eigenvalue weighted by atomic mass is 15.1. The van der Waals surface area contributed by atoms with E-state index in [1.54, 1.807) is 0 Å². The highest BCUT2D eigenvalue weighted by Crippen LogP contribution is 2.28. The molecule has 0 aromatic carbocycles. The van der Waals surface area contributed by atoms with Crippen molar-refractivity contribution in [1.29, 1.82) is 0 Å². The molecule has 0 saturated heterocycles. The van der Waals surface area contributed by atoms with Gasteiger partial charge in [0.2, 0.25) is 0 Å². The van der Waals surface area contributed by atoms with Crippen LogP contribution in [0.5, 0.6) is 0 Å². The van der Waals surface area contributed by atoms with E-state index in [4.69, 9.17) is 0 Å². The van der Waals surface area contributed by atoms with Gasteiger partial charge in [0.15, 0.2) is 0 Å². The summed E-state index contributed by atoms with van der Waals surface area (Å²) in [6.45, 7) is 5.51. The number of pyridine rings is 1. The van der Waals surface area contributed by atoms with Gasteiger partial charge in [0, 0.05) is 19.8 Å². The van der Waals surface area contributed by atoms with Gasteiger partial charge in [-0.1, -0.05) is 0 Å². The van der Waals surface area contributed by atoms with E-state index in [9.17, 15) is 0 Å². The lowest BCUT2D eigenvalue weighted by Gasteiger charge is -2.22. The number of anilines is 1. The second-order valence-electron chi connectivity index (χ2n) is 4.24. The first kappa shape index (κ1) is 9.50. The normalized spacial score (nSPS) is 16.4. The number of aryl methyl sites for hydroxylation is 2. The van der Waals surface area contributed by atoms with Gasteiger partial charge in [0.25, 0.3) is 0 Å². The molecule has 1 aliphatic rings. The van der Waals surface area contributed by atoms with E-state index in [-0.39, 0.29) is 0 Å². The number of nitrogens with zero attached hydrogens (tertiary/aromatic N) is 2. The number of hydrogen-bond acceptors (Lipinski definition) is 2. The second-order valence-corrected chi connectivity index (χ2v) is 4.24. The van der Waals surface area contributed by atoms with E-state index >= 15 is 0 Å². The molecule has 0 unspecified atom stereocenters. The van der Waals surface area contributed by atoms with Crippen LogP contribution < -0.4 is 4.90 Å². The van der Waals surface area contributed by atoms with Crippen LogP contribution in [-0.4, -0.2) is 18.6 Å². The minimum atomic E-state index is 1.14. The van der Waals surface area contributed by atoms with Crippen molar-refractivity contribution in [2.24, 2.45) is 0 Å². The van der Waals surface area contributed by atoms with Gasteiger partial charge in [-0.05, 0) is 44.2 Å². The molecule has 1 aromatic rings. The van der Waals surface area contributed by atoms with Gasteiger partial charge in [0.1, 0.15) is 0 Å². The Kier molecular flexibility index (Phi) is 2.44. The van der Waals surface area contributed by atoms with Gasteiger partial charge in [-0.3, -0.25) is 4.98 Å². The van der Waals surface area contributed by atoms with E-state index < -0.39 is 0 Å². The molecule has 76 valence electrons. The van der Waals surface area contributed by atoms with Crippen LogP contribution in [0.3, 0.4) is 0 Å². The molecule has 0 bridgehead atoms. The van der Waals surface area contributed by atoms with Crippen molar-refractivity contribution < 1.29 is 0 Å². The average Bonchev–Trinajstić information content (AvgIpc) is 2.35. The Balaban J connectivity index is 2.54. The lowest BCUT2D eigenvalue weighted by Crippen LogP contribution is -2.19. The summed E-state index contributed by atoms with van der Waals surface area (Å²) in [4.78, 5) is 6.91. The molecule has 2 heterocycles. The van der Waals surface area contributed by atoms with Crippen molar-refractivity contribution in [2.45, 2.75) is 33.1 Å². The van der Waals surface area contributed by atoms with Crippen LogP contribution in [-0.2, 0) is 6.42 Å². The van der Waals surface area contributed by atoms with Crippen LogP contribution in [0.4, 0.5) is 5.69 Å². The molecule has 0 radical (unpaired) electrons.